The third-order valence-corrected chi connectivity index (χ3v) is 6.76. The van der Waals surface area contributed by atoms with Gasteiger partial charge in [-0.2, -0.15) is 0 Å². The fourth-order valence-electron chi connectivity index (χ4n) is 3.91. The second kappa shape index (κ2) is 8.49. The molecule has 0 bridgehead atoms. The molecule has 1 aromatic carbocycles. The molecule has 4 rings (SSSR count). The number of amides is 1. The molecule has 1 aliphatic rings. The number of anilines is 1. The third-order valence-electron chi connectivity index (χ3n) is 5.57. The van der Waals surface area contributed by atoms with Crippen LogP contribution in [0.4, 0.5) is 5.69 Å². The Balaban J connectivity index is 1.44. The van der Waals surface area contributed by atoms with Gasteiger partial charge in [-0.1, -0.05) is 32.4 Å². The number of benzene rings is 1. The van der Waals surface area contributed by atoms with Crippen molar-refractivity contribution in [3.63, 3.8) is 0 Å². The molecule has 0 radical (unpaired) electrons. The van der Waals surface area contributed by atoms with E-state index in [4.69, 9.17) is 0 Å². The van der Waals surface area contributed by atoms with E-state index in [2.05, 4.69) is 29.1 Å². The van der Waals surface area contributed by atoms with E-state index in [1.54, 1.807) is 11.3 Å². The van der Waals surface area contributed by atoms with Crippen LogP contribution >= 0.6 is 11.3 Å². The lowest BCUT2D eigenvalue weighted by Crippen LogP contribution is -2.16. The van der Waals surface area contributed by atoms with Crippen LogP contribution in [0, 0.1) is 0 Å². The maximum atomic E-state index is 12.7. The maximum Gasteiger partial charge on any atom is 0.259 e. The average molecular weight is 410 g/mol. The molecule has 0 spiro atoms. The maximum absolute atomic E-state index is 12.7. The molecule has 0 saturated heterocycles. The summed E-state index contributed by atoms with van der Waals surface area (Å²) in [5.41, 5.74) is 3.17. The van der Waals surface area contributed by atoms with E-state index in [-0.39, 0.29) is 17.9 Å². The minimum atomic E-state index is -0.0768. The van der Waals surface area contributed by atoms with E-state index < -0.39 is 0 Å². The molecule has 5 nitrogen and oxygen atoms in total. The predicted molar refractivity (Wildman–Crippen MR) is 119 cm³/mol. The second-order valence-corrected chi connectivity index (χ2v) is 9.17. The second-order valence-electron chi connectivity index (χ2n) is 8.08. The zero-order valence-corrected chi connectivity index (χ0v) is 17.8. The molecule has 29 heavy (non-hydrogen) atoms. The molecule has 2 heterocycles. The molecular formula is C23H27N3O2S. The van der Waals surface area contributed by atoms with Crippen LogP contribution < -0.4 is 10.9 Å². The summed E-state index contributed by atoms with van der Waals surface area (Å²) in [4.78, 5) is 34.7. The zero-order chi connectivity index (χ0) is 20.4. The lowest BCUT2D eigenvalue weighted by molar-refractivity contribution is -0.116. The quantitative estimate of drug-likeness (QED) is 0.586. The molecule has 0 unspecified atom stereocenters. The van der Waals surface area contributed by atoms with Crippen LogP contribution in [-0.2, 0) is 24.1 Å². The summed E-state index contributed by atoms with van der Waals surface area (Å²) in [6, 6.07) is 7.93. The molecule has 0 fully saturated rings. The van der Waals surface area contributed by atoms with Gasteiger partial charge in [-0.15, -0.1) is 11.3 Å². The Kier molecular flexibility index (Phi) is 5.81. The molecule has 3 aromatic rings. The van der Waals surface area contributed by atoms with E-state index in [9.17, 15) is 9.59 Å². The number of carbonyl (C=O) groups excluding carboxylic acids is 1. The van der Waals surface area contributed by atoms with E-state index in [0.717, 1.165) is 35.2 Å². The first kappa shape index (κ1) is 19.8. The highest BCUT2D eigenvalue weighted by atomic mass is 32.1. The summed E-state index contributed by atoms with van der Waals surface area (Å²) in [5, 5.41) is 3.69. The fourth-order valence-corrected chi connectivity index (χ4v) is 5.19. The monoisotopic (exact) mass is 409 g/mol. The van der Waals surface area contributed by atoms with Gasteiger partial charge in [0.15, 0.2) is 0 Å². The van der Waals surface area contributed by atoms with Gasteiger partial charge in [0.05, 0.1) is 5.39 Å². The van der Waals surface area contributed by atoms with E-state index >= 15 is 0 Å². The van der Waals surface area contributed by atoms with Crippen LogP contribution in [0.15, 0.2) is 29.1 Å². The topological polar surface area (TPSA) is 74.8 Å². The number of H-pyrrole nitrogens is 1. The number of aryl methyl sites for hydroxylation is 3. The van der Waals surface area contributed by atoms with Crippen molar-refractivity contribution in [3.8, 4) is 0 Å². The number of fused-ring (bicyclic) bond motifs is 3. The van der Waals surface area contributed by atoms with Gasteiger partial charge in [-0.05, 0) is 54.9 Å². The highest BCUT2D eigenvalue weighted by Gasteiger charge is 2.19. The first-order chi connectivity index (χ1) is 14.0. The van der Waals surface area contributed by atoms with Gasteiger partial charge in [0.25, 0.3) is 5.56 Å². The Labute approximate surface area is 174 Å². The van der Waals surface area contributed by atoms with Crippen molar-refractivity contribution in [2.24, 2.45) is 0 Å². The Morgan fingerprint density at radius 1 is 1.17 bits per heavy atom. The molecule has 2 aromatic heterocycles. The number of nitrogens with zero attached hydrogens (tertiary/aromatic N) is 1. The van der Waals surface area contributed by atoms with Crippen LogP contribution in [-0.4, -0.2) is 15.9 Å². The van der Waals surface area contributed by atoms with Crippen LogP contribution in [0.3, 0.4) is 0 Å². The van der Waals surface area contributed by atoms with Crippen molar-refractivity contribution in [1.82, 2.24) is 9.97 Å². The van der Waals surface area contributed by atoms with Gasteiger partial charge in [-0.3, -0.25) is 9.59 Å². The summed E-state index contributed by atoms with van der Waals surface area (Å²) >= 11 is 1.65. The van der Waals surface area contributed by atoms with E-state index in [1.165, 1.54) is 28.8 Å². The number of carbonyl (C=O) groups is 1. The van der Waals surface area contributed by atoms with Gasteiger partial charge in [0, 0.05) is 23.4 Å². The minimum absolute atomic E-state index is 0.0610. The van der Waals surface area contributed by atoms with Crippen LogP contribution in [0.1, 0.15) is 67.3 Å². The lowest BCUT2D eigenvalue weighted by Gasteiger charge is -2.08. The molecule has 2 N–H and O–H groups in total. The van der Waals surface area contributed by atoms with Gasteiger partial charge in [0.1, 0.15) is 10.7 Å². The largest absolute Gasteiger partial charge is 0.326 e. The molecule has 152 valence electrons. The number of nitrogens with one attached hydrogen (secondary N) is 2. The number of aromatic nitrogens is 2. The highest BCUT2D eigenvalue weighted by Crippen LogP contribution is 2.32. The van der Waals surface area contributed by atoms with Gasteiger partial charge < -0.3 is 10.3 Å². The Bertz CT molecular complexity index is 1080. The summed E-state index contributed by atoms with van der Waals surface area (Å²) in [5.74, 6) is 0.973. The van der Waals surface area contributed by atoms with Crippen molar-refractivity contribution < 1.29 is 4.79 Å². The van der Waals surface area contributed by atoms with Crippen LogP contribution in [0.25, 0.3) is 10.2 Å². The van der Waals surface area contributed by atoms with Crippen LogP contribution in [0.5, 0.6) is 0 Å². The molecule has 0 atom stereocenters. The van der Waals surface area contributed by atoms with Crippen molar-refractivity contribution in [2.45, 2.75) is 64.7 Å². The van der Waals surface area contributed by atoms with E-state index in [0.29, 0.717) is 18.2 Å². The standard InChI is InChI=1S/C23H27N3O2S/c1-14(2)15-8-10-16(11-9-15)24-20(27)13-12-19-25-22(28)21-17-6-4-3-5-7-18(17)29-23(21)26-19/h8-11,14H,3-7,12-13H2,1-2H3,(H,24,27)(H,25,26,28). The molecule has 6 heteroatoms. The highest BCUT2D eigenvalue weighted by molar-refractivity contribution is 7.18. The molecular weight excluding hydrogens is 382 g/mol. The van der Waals surface area contributed by atoms with Crippen molar-refractivity contribution >= 4 is 33.1 Å². The molecule has 1 aliphatic carbocycles. The summed E-state index contributed by atoms with van der Waals surface area (Å²) < 4.78 is 0. The summed E-state index contributed by atoms with van der Waals surface area (Å²) in [6.07, 6.45) is 6.26. The third kappa shape index (κ3) is 4.42. The number of rotatable bonds is 5. The first-order valence-electron chi connectivity index (χ1n) is 10.4. The fraction of sp³-hybridized carbons (Fsp3) is 0.435. The SMILES string of the molecule is CC(C)c1ccc(NC(=O)CCc2nc3sc4c(c3c(=O)[nH]2)CCCCC4)cc1. The first-order valence-corrected chi connectivity index (χ1v) is 11.3. The minimum Gasteiger partial charge on any atom is -0.326 e. The number of aromatic amines is 1. The van der Waals surface area contributed by atoms with E-state index in [1.807, 2.05) is 24.3 Å². The van der Waals surface area contributed by atoms with Crippen LogP contribution in [0.2, 0.25) is 0 Å². The zero-order valence-electron chi connectivity index (χ0n) is 17.0. The molecule has 0 aliphatic heterocycles. The Morgan fingerprint density at radius 3 is 2.69 bits per heavy atom. The number of thiophene rings is 1. The number of hydrogen-bond donors (Lipinski definition) is 2. The lowest BCUT2D eigenvalue weighted by atomic mass is 10.0. The predicted octanol–water partition coefficient (Wildman–Crippen LogP) is 4.95. The number of hydrogen-bond acceptors (Lipinski definition) is 4. The van der Waals surface area contributed by atoms with Crippen molar-refractivity contribution in [1.29, 1.82) is 0 Å². The smallest absolute Gasteiger partial charge is 0.259 e. The van der Waals surface area contributed by atoms with Gasteiger partial charge >= 0.3 is 0 Å². The van der Waals surface area contributed by atoms with Gasteiger partial charge in [0.2, 0.25) is 5.91 Å². The normalized spacial score (nSPS) is 14.0. The van der Waals surface area contributed by atoms with Crippen molar-refractivity contribution in [3.05, 3.63) is 56.4 Å². The Morgan fingerprint density at radius 2 is 1.93 bits per heavy atom. The molecule has 1 amide bonds. The summed E-state index contributed by atoms with van der Waals surface area (Å²) in [6.45, 7) is 4.29. The summed E-state index contributed by atoms with van der Waals surface area (Å²) in [7, 11) is 0. The average Bonchev–Trinajstić information content (AvgIpc) is 2.89. The molecule has 0 saturated carbocycles. The van der Waals surface area contributed by atoms with Crippen molar-refractivity contribution in [2.75, 3.05) is 5.32 Å². The Hall–Kier alpha value is -2.47. The van der Waals surface area contributed by atoms with Gasteiger partial charge in [-0.25, -0.2) is 4.98 Å².